The zero-order valence-electron chi connectivity index (χ0n) is 14.5. The minimum absolute atomic E-state index is 0.0179. The molecule has 1 aliphatic rings. The number of amides is 1. The van der Waals surface area contributed by atoms with Crippen LogP contribution in [0.1, 0.15) is 42.9 Å². The van der Waals surface area contributed by atoms with Crippen LogP contribution < -0.4 is 5.32 Å². The van der Waals surface area contributed by atoms with E-state index in [1.165, 1.54) is 12.1 Å². The summed E-state index contributed by atoms with van der Waals surface area (Å²) in [4.78, 5) is 12.5. The molecule has 1 amide bonds. The van der Waals surface area contributed by atoms with Crippen LogP contribution in [0.3, 0.4) is 0 Å². The fourth-order valence-corrected chi connectivity index (χ4v) is 3.49. The Morgan fingerprint density at radius 1 is 1.32 bits per heavy atom. The van der Waals surface area contributed by atoms with Crippen molar-refractivity contribution in [3.8, 4) is 0 Å². The molecule has 1 atom stereocenters. The molecule has 0 radical (unpaired) electrons. The first-order chi connectivity index (χ1) is 12.1. The van der Waals surface area contributed by atoms with Crippen LogP contribution in [0.15, 0.2) is 47.1 Å². The van der Waals surface area contributed by atoms with Gasteiger partial charge < -0.3 is 14.5 Å². The molecule has 1 aliphatic carbocycles. The summed E-state index contributed by atoms with van der Waals surface area (Å²) in [6.07, 6.45) is 5.15. The number of hydrogen-bond acceptors (Lipinski definition) is 3. The Hall–Kier alpha value is -2.14. The van der Waals surface area contributed by atoms with Crippen molar-refractivity contribution >= 4 is 5.91 Å². The quantitative estimate of drug-likeness (QED) is 0.790. The Morgan fingerprint density at radius 2 is 2.08 bits per heavy atom. The number of methoxy groups -OCH3 is 1. The van der Waals surface area contributed by atoms with Gasteiger partial charge in [-0.15, -0.1) is 0 Å². The first-order valence-electron chi connectivity index (χ1n) is 8.71. The molecule has 0 spiro atoms. The van der Waals surface area contributed by atoms with Gasteiger partial charge in [0.15, 0.2) is 0 Å². The predicted molar refractivity (Wildman–Crippen MR) is 92.7 cm³/mol. The van der Waals surface area contributed by atoms with Crippen molar-refractivity contribution in [3.63, 3.8) is 0 Å². The van der Waals surface area contributed by atoms with Crippen molar-refractivity contribution in [1.29, 1.82) is 0 Å². The van der Waals surface area contributed by atoms with Crippen molar-refractivity contribution in [2.75, 3.05) is 20.3 Å². The van der Waals surface area contributed by atoms with E-state index in [0.29, 0.717) is 19.6 Å². The number of benzene rings is 1. The molecular formula is C20H24FNO3. The molecule has 4 nitrogen and oxygen atoms in total. The second-order valence-electron chi connectivity index (χ2n) is 6.73. The smallest absolute Gasteiger partial charge is 0.228 e. The normalized spacial score (nSPS) is 16.9. The largest absolute Gasteiger partial charge is 0.469 e. The standard InChI is InChI=1S/C20H24FNO3/c1-24-14-20(10-3-11-20)19(23)22-12-9-17(18-4-2-13-25-18)15-5-7-16(21)8-6-15/h2,4-8,13,17H,3,9-12,14H2,1H3,(H,22,23)/t17-/m1/s1. The third-order valence-electron chi connectivity index (χ3n) is 5.09. The second kappa shape index (κ2) is 7.83. The van der Waals surface area contributed by atoms with Gasteiger partial charge in [0.2, 0.25) is 5.91 Å². The average Bonchev–Trinajstić information content (AvgIpc) is 3.10. The molecule has 5 heteroatoms. The van der Waals surface area contributed by atoms with E-state index in [1.54, 1.807) is 25.5 Å². The molecule has 25 heavy (non-hydrogen) atoms. The summed E-state index contributed by atoms with van der Waals surface area (Å²) in [7, 11) is 1.63. The molecular weight excluding hydrogens is 321 g/mol. The molecule has 134 valence electrons. The van der Waals surface area contributed by atoms with Gasteiger partial charge >= 0.3 is 0 Å². The summed E-state index contributed by atoms with van der Waals surface area (Å²) in [5.74, 6) is 0.603. The topological polar surface area (TPSA) is 51.5 Å². The van der Waals surface area contributed by atoms with Crippen LogP contribution in [0, 0.1) is 11.2 Å². The number of hydrogen-bond donors (Lipinski definition) is 1. The van der Waals surface area contributed by atoms with Gasteiger partial charge in [0, 0.05) is 19.6 Å². The highest BCUT2D eigenvalue weighted by molar-refractivity contribution is 5.83. The Kier molecular flexibility index (Phi) is 5.53. The molecule has 1 fully saturated rings. The van der Waals surface area contributed by atoms with Gasteiger partial charge in [0.25, 0.3) is 0 Å². The number of carbonyl (C=O) groups excluding carboxylic acids is 1. The van der Waals surface area contributed by atoms with Gasteiger partial charge in [0.1, 0.15) is 11.6 Å². The lowest BCUT2D eigenvalue weighted by molar-refractivity contribution is -0.140. The first-order valence-corrected chi connectivity index (χ1v) is 8.71. The SMILES string of the molecule is COCC1(C(=O)NCC[C@H](c2ccc(F)cc2)c2ccco2)CCC1. The van der Waals surface area contributed by atoms with Crippen LogP contribution in [0.5, 0.6) is 0 Å². The number of carbonyl (C=O) groups is 1. The van der Waals surface area contributed by atoms with Crippen LogP contribution in [0.2, 0.25) is 0 Å². The van der Waals surface area contributed by atoms with Crippen LogP contribution in [-0.2, 0) is 9.53 Å². The number of halogens is 1. The molecule has 0 saturated heterocycles. The number of ether oxygens (including phenoxy) is 1. The molecule has 0 bridgehead atoms. The Bertz CT molecular complexity index is 677. The van der Waals surface area contributed by atoms with Gasteiger partial charge in [0.05, 0.1) is 18.3 Å². The summed E-state index contributed by atoms with van der Waals surface area (Å²) in [5.41, 5.74) is 0.617. The molecule has 1 aromatic heterocycles. The summed E-state index contributed by atoms with van der Waals surface area (Å²) in [6.45, 7) is 1.01. The summed E-state index contributed by atoms with van der Waals surface area (Å²) >= 11 is 0. The van der Waals surface area contributed by atoms with Crippen molar-refractivity contribution < 1.29 is 18.3 Å². The van der Waals surface area contributed by atoms with Crippen LogP contribution in [0.25, 0.3) is 0 Å². The maximum atomic E-state index is 13.2. The lowest BCUT2D eigenvalue weighted by Crippen LogP contribution is -2.48. The fraction of sp³-hybridized carbons (Fsp3) is 0.450. The van der Waals surface area contributed by atoms with Gasteiger partial charge in [-0.3, -0.25) is 4.79 Å². The minimum Gasteiger partial charge on any atom is -0.469 e. The number of rotatable bonds is 8. The lowest BCUT2D eigenvalue weighted by Gasteiger charge is -2.39. The van der Waals surface area contributed by atoms with E-state index in [4.69, 9.17) is 9.15 Å². The molecule has 2 aromatic rings. The summed E-state index contributed by atoms with van der Waals surface area (Å²) in [5, 5.41) is 3.05. The van der Waals surface area contributed by atoms with Gasteiger partial charge in [-0.2, -0.15) is 0 Å². The van der Waals surface area contributed by atoms with Crippen molar-refractivity contribution in [2.24, 2.45) is 5.41 Å². The molecule has 0 aliphatic heterocycles. The molecule has 1 N–H and O–H groups in total. The van der Waals surface area contributed by atoms with Crippen molar-refractivity contribution in [3.05, 3.63) is 59.8 Å². The van der Waals surface area contributed by atoms with E-state index in [9.17, 15) is 9.18 Å². The summed E-state index contributed by atoms with van der Waals surface area (Å²) < 4.78 is 24.0. The number of furan rings is 1. The first kappa shape index (κ1) is 17.7. The van der Waals surface area contributed by atoms with Crippen LogP contribution >= 0.6 is 0 Å². The highest BCUT2D eigenvalue weighted by Gasteiger charge is 2.43. The Labute approximate surface area is 147 Å². The Balaban J connectivity index is 1.63. The molecule has 1 aromatic carbocycles. The highest BCUT2D eigenvalue weighted by Crippen LogP contribution is 2.41. The van der Waals surface area contributed by atoms with E-state index in [1.807, 2.05) is 12.1 Å². The van der Waals surface area contributed by atoms with E-state index in [-0.39, 0.29) is 23.1 Å². The summed E-state index contributed by atoms with van der Waals surface area (Å²) in [6, 6.07) is 10.2. The zero-order chi connectivity index (χ0) is 17.7. The van der Waals surface area contributed by atoms with E-state index in [2.05, 4.69) is 5.32 Å². The maximum Gasteiger partial charge on any atom is 0.228 e. The van der Waals surface area contributed by atoms with Crippen molar-refractivity contribution in [1.82, 2.24) is 5.32 Å². The third kappa shape index (κ3) is 3.93. The van der Waals surface area contributed by atoms with E-state index < -0.39 is 0 Å². The van der Waals surface area contributed by atoms with Gasteiger partial charge in [-0.25, -0.2) is 4.39 Å². The monoisotopic (exact) mass is 345 g/mol. The van der Waals surface area contributed by atoms with E-state index >= 15 is 0 Å². The Morgan fingerprint density at radius 3 is 2.64 bits per heavy atom. The average molecular weight is 345 g/mol. The van der Waals surface area contributed by atoms with E-state index in [0.717, 1.165) is 30.6 Å². The molecule has 1 saturated carbocycles. The molecule has 1 heterocycles. The van der Waals surface area contributed by atoms with Gasteiger partial charge in [-0.1, -0.05) is 18.6 Å². The fourth-order valence-electron chi connectivity index (χ4n) is 3.49. The third-order valence-corrected chi connectivity index (χ3v) is 5.09. The second-order valence-corrected chi connectivity index (χ2v) is 6.73. The molecule has 0 unspecified atom stereocenters. The van der Waals surface area contributed by atoms with Crippen LogP contribution in [-0.4, -0.2) is 26.2 Å². The van der Waals surface area contributed by atoms with Crippen molar-refractivity contribution in [2.45, 2.75) is 31.6 Å². The maximum absolute atomic E-state index is 13.2. The lowest BCUT2D eigenvalue weighted by atomic mass is 9.68. The predicted octanol–water partition coefficient (Wildman–Crippen LogP) is 3.87. The zero-order valence-corrected chi connectivity index (χ0v) is 14.5. The van der Waals surface area contributed by atoms with Crippen LogP contribution in [0.4, 0.5) is 4.39 Å². The molecule has 3 rings (SSSR count). The van der Waals surface area contributed by atoms with Gasteiger partial charge in [-0.05, 0) is 49.1 Å². The minimum atomic E-state index is -0.356. The highest BCUT2D eigenvalue weighted by atomic mass is 19.1. The number of nitrogens with one attached hydrogen (secondary N) is 1.